The van der Waals surface area contributed by atoms with Crippen LogP contribution in [0.25, 0.3) is 0 Å². The summed E-state index contributed by atoms with van der Waals surface area (Å²) in [6.07, 6.45) is -4.76. The van der Waals surface area contributed by atoms with E-state index in [0.717, 1.165) is 23.9 Å². The first-order valence-corrected chi connectivity index (χ1v) is 13.1. The molecule has 5 rings (SSSR count). The van der Waals surface area contributed by atoms with Gasteiger partial charge in [0.05, 0.1) is 30.5 Å². The summed E-state index contributed by atoms with van der Waals surface area (Å²) in [6, 6.07) is 15.6. The van der Waals surface area contributed by atoms with E-state index in [1.165, 1.54) is 48.4 Å². The van der Waals surface area contributed by atoms with Crippen LogP contribution < -0.4 is 14.8 Å². The third-order valence-corrected chi connectivity index (χ3v) is 7.37. The van der Waals surface area contributed by atoms with Crippen LogP contribution in [0.3, 0.4) is 0 Å². The summed E-state index contributed by atoms with van der Waals surface area (Å²) in [5.41, 5.74) is 0.439. The Balaban J connectivity index is 1.41. The largest absolute Gasteiger partial charge is 0.465 e. The number of nitrogens with zero attached hydrogens (tertiary/aromatic N) is 2. The Morgan fingerprint density at radius 3 is 2.56 bits per heavy atom. The van der Waals surface area contributed by atoms with E-state index in [9.17, 15) is 27.6 Å². The quantitative estimate of drug-likeness (QED) is 0.387. The summed E-state index contributed by atoms with van der Waals surface area (Å²) in [5, 5.41) is 1.86. The van der Waals surface area contributed by atoms with Crippen molar-refractivity contribution < 1.29 is 41.8 Å². The van der Waals surface area contributed by atoms with E-state index < -0.39 is 34.8 Å². The molecule has 1 N–H and O–H groups in total. The van der Waals surface area contributed by atoms with Gasteiger partial charge in [0.15, 0.2) is 16.7 Å². The van der Waals surface area contributed by atoms with Crippen LogP contribution in [0.5, 0.6) is 11.5 Å². The number of methoxy groups -OCH3 is 1. The van der Waals surface area contributed by atoms with E-state index in [1.807, 2.05) is 0 Å². The van der Waals surface area contributed by atoms with Crippen LogP contribution in [-0.2, 0) is 27.0 Å². The van der Waals surface area contributed by atoms with E-state index in [4.69, 9.17) is 9.47 Å². The van der Waals surface area contributed by atoms with Crippen molar-refractivity contribution in [2.24, 2.45) is 4.99 Å². The third kappa shape index (κ3) is 6.46. The molecule has 0 aliphatic carbocycles. The van der Waals surface area contributed by atoms with Crippen LogP contribution in [0.15, 0.2) is 71.7 Å². The van der Waals surface area contributed by atoms with Crippen LogP contribution in [0, 0.1) is 0 Å². The Kier molecular flexibility index (Phi) is 7.88. The zero-order valence-electron chi connectivity index (χ0n) is 21.4. The molecule has 0 radical (unpaired) electrons. The van der Waals surface area contributed by atoms with Gasteiger partial charge in [0.25, 0.3) is 0 Å². The molecular formula is C28H22F3N3O6S. The molecule has 41 heavy (non-hydrogen) atoms. The molecule has 1 saturated heterocycles. The Bertz CT molecular complexity index is 1530. The van der Waals surface area contributed by atoms with Crippen molar-refractivity contribution in [3.05, 3.63) is 83.4 Å². The first-order chi connectivity index (χ1) is 19.6. The summed E-state index contributed by atoms with van der Waals surface area (Å²) >= 11 is 0.967. The minimum Gasteiger partial charge on any atom is -0.465 e. The second kappa shape index (κ2) is 11.5. The van der Waals surface area contributed by atoms with Gasteiger partial charge in [-0.25, -0.2) is 9.79 Å². The lowest BCUT2D eigenvalue weighted by atomic mass is 10.1. The first kappa shape index (κ1) is 28.0. The maximum atomic E-state index is 13.3. The van der Waals surface area contributed by atoms with Gasteiger partial charge in [0, 0.05) is 12.1 Å². The van der Waals surface area contributed by atoms with Crippen LogP contribution in [-0.4, -0.2) is 47.0 Å². The molecule has 2 heterocycles. The molecule has 2 amide bonds. The van der Waals surface area contributed by atoms with Crippen molar-refractivity contribution in [3.8, 4) is 11.5 Å². The molecule has 1 atom stereocenters. The average molecular weight is 586 g/mol. The van der Waals surface area contributed by atoms with Gasteiger partial charge in [-0.1, -0.05) is 23.9 Å². The maximum absolute atomic E-state index is 13.3. The Morgan fingerprint density at radius 2 is 1.83 bits per heavy atom. The van der Waals surface area contributed by atoms with E-state index in [1.54, 1.807) is 18.2 Å². The number of anilines is 1. The molecule has 0 bridgehead atoms. The first-order valence-electron chi connectivity index (χ1n) is 12.2. The maximum Gasteiger partial charge on any atom is 0.416 e. The second-order valence-electron chi connectivity index (χ2n) is 8.98. The minimum atomic E-state index is -4.58. The Morgan fingerprint density at radius 1 is 1.07 bits per heavy atom. The fourth-order valence-electron chi connectivity index (χ4n) is 4.11. The summed E-state index contributed by atoms with van der Waals surface area (Å²) in [4.78, 5) is 43.8. The number of carbonyl (C=O) groups excluding carboxylic acids is 3. The number of alkyl halides is 3. The number of halogens is 3. The van der Waals surface area contributed by atoms with Crippen molar-refractivity contribution in [1.82, 2.24) is 4.90 Å². The van der Waals surface area contributed by atoms with Crippen LogP contribution in [0.2, 0.25) is 0 Å². The fourth-order valence-corrected chi connectivity index (χ4v) is 5.21. The number of fused-ring (bicyclic) bond motifs is 1. The Labute approximate surface area is 236 Å². The normalized spacial score (nSPS) is 17.5. The van der Waals surface area contributed by atoms with Crippen molar-refractivity contribution >= 4 is 46.1 Å². The Hall–Kier alpha value is -4.52. The van der Waals surface area contributed by atoms with Crippen LogP contribution in [0.1, 0.15) is 27.9 Å². The average Bonchev–Trinajstić information content (AvgIpc) is 3.42. The standard InChI is InChI=1S/C28H22F3N3O6S/c1-38-26(37)17-6-8-19(9-7-17)32-25(36)23-13-24(35)34(14-16-5-10-21-22(11-16)40-15-39-21)27(41-23)33-20-4-2-3-18(12-20)28(29,30)31/h2-12,23H,13-15H2,1H3,(H,32,36). The zero-order valence-corrected chi connectivity index (χ0v) is 22.3. The van der Waals surface area contributed by atoms with Gasteiger partial charge < -0.3 is 19.5 Å². The van der Waals surface area contributed by atoms with Crippen molar-refractivity contribution in [2.45, 2.75) is 24.4 Å². The summed E-state index contributed by atoms with van der Waals surface area (Å²) < 4.78 is 55.4. The van der Waals surface area contributed by atoms with Crippen molar-refractivity contribution in [2.75, 3.05) is 19.2 Å². The molecule has 0 aromatic heterocycles. The van der Waals surface area contributed by atoms with Crippen LogP contribution >= 0.6 is 11.8 Å². The number of amides is 2. The summed E-state index contributed by atoms with van der Waals surface area (Å²) in [6.45, 7) is 0.116. The topological polar surface area (TPSA) is 107 Å². The van der Waals surface area contributed by atoms with E-state index in [0.29, 0.717) is 28.3 Å². The van der Waals surface area contributed by atoms with Gasteiger partial charge in [-0.2, -0.15) is 13.2 Å². The van der Waals surface area contributed by atoms with Crippen molar-refractivity contribution in [1.29, 1.82) is 0 Å². The lowest BCUT2D eigenvalue weighted by Crippen LogP contribution is -2.44. The van der Waals surface area contributed by atoms with E-state index in [-0.39, 0.29) is 30.6 Å². The third-order valence-electron chi connectivity index (χ3n) is 6.18. The number of carbonyl (C=O) groups is 3. The molecule has 1 unspecified atom stereocenters. The molecule has 0 saturated carbocycles. The smallest absolute Gasteiger partial charge is 0.416 e. The van der Waals surface area contributed by atoms with E-state index >= 15 is 0 Å². The summed E-state index contributed by atoms with van der Waals surface area (Å²) in [7, 11) is 1.25. The number of amidine groups is 1. The predicted molar refractivity (Wildman–Crippen MR) is 144 cm³/mol. The molecule has 2 aliphatic heterocycles. The molecule has 0 spiro atoms. The molecule has 13 heteroatoms. The van der Waals surface area contributed by atoms with Gasteiger partial charge in [0.1, 0.15) is 5.25 Å². The molecule has 1 fully saturated rings. The second-order valence-corrected chi connectivity index (χ2v) is 10.1. The van der Waals surface area contributed by atoms with E-state index in [2.05, 4.69) is 15.0 Å². The number of thioether (sulfide) groups is 1. The SMILES string of the molecule is COC(=O)c1ccc(NC(=O)C2CC(=O)N(Cc3ccc4c(c3)OCO4)C(=Nc3cccc(C(F)(F)F)c3)S2)cc1. The molecular weight excluding hydrogens is 563 g/mol. The minimum absolute atomic E-state index is 0.0229. The highest BCUT2D eigenvalue weighted by Crippen LogP contribution is 2.36. The number of ether oxygens (including phenoxy) is 3. The highest BCUT2D eigenvalue weighted by molar-refractivity contribution is 8.15. The number of esters is 1. The molecule has 2 aliphatic rings. The molecule has 3 aromatic rings. The number of nitrogens with one attached hydrogen (secondary N) is 1. The van der Waals surface area contributed by atoms with Gasteiger partial charge in [-0.05, 0) is 60.2 Å². The fraction of sp³-hybridized carbons (Fsp3) is 0.214. The number of hydrogen-bond donors (Lipinski definition) is 1. The number of hydrogen-bond acceptors (Lipinski definition) is 8. The highest BCUT2D eigenvalue weighted by Gasteiger charge is 2.37. The number of aliphatic imine (C=N–C) groups is 1. The van der Waals surface area contributed by atoms with Crippen LogP contribution in [0.4, 0.5) is 24.5 Å². The summed E-state index contributed by atoms with van der Waals surface area (Å²) in [5.74, 6) is -0.412. The molecule has 3 aromatic carbocycles. The molecule has 9 nitrogen and oxygen atoms in total. The predicted octanol–water partition coefficient (Wildman–Crippen LogP) is 5.38. The monoisotopic (exact) mass is 585 g/mol. The van der Waals surface area contributed by atoms with Gasteiger partial charge >= 0.3 is 12.1 Å². The van der Waals surface area contributed by atoms with Gasteiger partial charge in [0.2, 0.25) is 18.6 Å². The van der Waals surface area contributed by atoms with Crippen molar-refractivity contribution in [3.63, 3.8) is 0 Å². The number of rotatable bonds is 6. The van der Waals surface area contributed by atoms with Gasteiger partial charge in [-0.15, -0.1) is 0 Å². The highest BCUT2D eigenvalue weighted by atomic mass is 32.2. The molecule has 212 valence electrons. The zero-order chi connectivity index (χ0) is 29.1. The lowest BCUT2D eigenvalue weighted by Gasteiger charge is -2.32. The lowest BCUT2D eigenvalue weighted by molar-refractivity contribution is -0.137. The van der Waals surface area contributed by atoms with Gasteiger partial charge in [-0.3, -0.25) is 14.5 Å². The number of benzene rings is 3.